The van der Waals surface area contributed by atoms with Crippen LogP contribution in [0.1, 0.15) is 213 Å². The van der Waals surface area contributed by atoms with Crippen LogP contribution in [0.4, 0.5) is 0 Å². The number of carbonyl (C=O) groups excluding carboxylic acids is 2. The number of ether oxygens (including phenoxy) is 2. The molecule has 0 amide bonds. The first-order chi connectivity index (χ1) is 26.2. The fourth-order valence-corrected chi connectivity index (χ4v) is 7.01. The third kappa shape index (κ3) is 39.0. The molecule has 54 heavy (non-hydrogen) atoms. The second-order valence-corrected chi connectivity index (χ2v) is 16.5. The highest BCUT2D eigenvalue weighted by Gasteiger charge is 2.27. The summed E-state index contributed by atoms with van der Waals surface area (Å²) in [6.07, 6.45) is 37.5. The number of allylic oxidation sites excluding steroid dienone is 2. The maximum absolute atomic E-state index is 12.6. The zero-order valence-corrected chi connectivity index (χ0v) is 35.6. The van der Waals surface area contributed by atoms with Crippen molar-refractivity contribution in [2.24, 2.45) is 0 Å². The van der Waals surface area contributed by atoms with Gasteiger partial charge in [-0.15, -0.1) is 0 Å². The molecule has 0 spiro atoms. The lowest BCUT2D eigenvalue weighted by molar-refractivity contribution is -0.161. The predicted octanol–water partition coefficient (Wildman–Crippen LogP) is 11.6. The zero-order chi connectivity index (χ0) is 39.8. The molecule has 0 aliphatic heterocycles. The summed E-state index contributed by atoms with van der Waals surface area (Å²) in [5.74, 6) is -0.924. The zero-order valence-electron chi connectivity index (χ0n) is 34.7. The number of rotatable bonds is 42. The minimum Gasteiger partial charge on any atom is -0.462 e. The number of unbranched alkanes of at least 4 members (excludes halogenated alkanes) is 26. The Labute approximate surface area is 330 Å². The standard InChI is InChI=1S/C43H83O10P/c1-3-5-7-9-11-13-15-17-18-19-20-21-23-25-27-29-31-33-35-43(47)53-41(39-52-54(48,49)51-37-40(45)36-44)38-50-42(46)34-32-30-28-26-24-22-16-14-12-10-8-6-4-2/h14,16,40-41,44-45H,3-13,15,17-39H2,1-2H3,(H,48,49)/b16-14+/t40-,41+/m0/s1. The summed E-state index contributed by atoms with van der Waals surface area (Å²) < 4.78 is 32.7. The van der Waals surface area contributed by atoms with Crippen LogP contribution in [0.15, 0.2) is 12.2 Å². The summed E-state index contributed by atoms with van der Waals surface area (Å²) in [7, 11) is -4.61. The first kappa shape index (κ1) is 52.7. The van der Waals surface area contributed by atoms with Crippen molar-refractivity contribution >= 4 is 19.8 Å². The van der Waals surface area contributed by atoms with Crippen LogP contribution < -0.4 is 0 Å². The molecule has 11 heteroatoms. The van der Waals surface area contributed by atoms with E-state index in [1.807, 2.05) is 0 Å². The molecule has 0 saturated heterocycles. The Morgan fingerprint density at radius 3 is 1.35 bits per heavy atom. The monoisotopic (exact) mass is 791 g/mol. The minimum absolute atomic E-state index is 0.188. The molecule has 0 fully saturated rings. The second-order valence-electron chi connectivity index (χ2n) is 15.1. The highest BCUT2D eigenvalue weighted by Crippen LogP contribution is 2.43. The molecule has 3 N–H and O–H groups in total. The van der Waals surface area contributed by atoms with Crippen molar-refractivity contribution in [1.29, 1.82) is 0 Å². The average Bonchev–Trinajstić information content (AvgIpc) is 3.16. The number of phosphoric acid groups is 1. The Balaban J connectivity index is 4.24. The fourth-order valence-electron chi connectivity index (χ4n) is 6.22. The lowest BCUT2D eigenvalue weighted by atomic mass is 10.0. The van der Waals surface area contributed by atoms with Crippen molar-refractivity contribution in [3.05, 3.63) is 12.2 Å². The molecule has 0 aliphatic carbocycles. The number of hydrogen-bond acceptors (Lipinski definition) is 9. The van der Waals surface area contributed by atoms with E-state index in [0.717, 1.165) is 57.8 Å². The molecular formula is C43H83O10P. The van der Waals surface area contributed by atoms with Gasteiger partial charge < -0.3 is 24.6 Å². The van der Waals surface area contributed by atoms with Crippen LogP contribution in [0.25, 0.3) is 0 Å². The summed E-state index contributed by atoms with van der Waals surface area (Å²) in [4.78, 5) is 35.0. The van der Waals surface area contributed by atoms with Gasteiger partial charge in [0.1, 0.15) is 12.7 Å². The van der Waals surface area contributed by atoms with Crippen LogP contribution in [0.3, 0.4) is 0 Å². The van der Waals surface area contributed by atoms with Crippen LogP contribution in [-0.4, -0.2) is 65.7 Å². The molecule has 1 unspecified atom stereocenters. The van der Waals surface area contributed by atoms with E-state index in [2.05, 4.69) is 30.5 Å². The van der Waals surface area contributed by atoms with Crippen LogP contribution in [0, 0.1) is 0 Å². The normalized spacial score (nSPS) is 13.9. The maximum atomic E-state index is 12.6. The number of hydrogen-bond donors (Lipinski definition) is 3. The molecule has 10 nitrogen and oxygen atoms in total. The van der Waals surface area contributed by atoms with E-state index in [9.17, 15) is 24.2 Å². The number of aliphatic hydroxyl groups excluding tert-OH is 2. The largest absolute Gasteiger partial charge is 0.472 e. The number of esters is 2. The molecule has 0 aromatic heterocycles. The predicted molar refractivity (Wildman–Crippen MR) is 219 cm³/mol. The van der Waals surface area contributed by atoms with Crippen LogP contribution in [0.2, 0.25) is 0 Å². The van der Waals surface area contributed by atoms with Crippen molar-refractivity contribution in [2.75, 3.05) is 26.4 Å². The van der Waals surface area contributed by atoms with E-state index >= 15 is 0 Å². The van der Waals surface area contributed by atoms with E-state index in [1.54, 1.807) is 0 Å². The highest BCUT2D eigenvalue weighted by atomic mass is 31.2. The molecular weight excluding hydrogens is 707 g/mol. The van der Waals surface area contributed by atoms with Crippen molar-refractivity contribution in [2.45, 2.75) is 225 Å². The van der Waals surface area contributed by atoms with Gasteiger partial charge in [0.15, 0.2) is 6.10 Å². The lowest BCUT2D eigenvalue weighted by Gasteiger charge is -2.20. The first-order valence-electron chi connectivity index (χ1n) is 22.1. The van der Waals surface area contributed by atoms with Gasteiger partial charge in [-0.3, -0.25) is 18.6 Å². The highest BCUT2D eigenvalue weighted by molar-refractivity contribution is 7.47. The van der Waals surface area contributed by atoms with Gasteiger partial charge >= 0.3 is 19.8 Å². The van der Waals surface area contributed by atoms with Gasteiger partial charge in [0.25, 0.3) is 0 Å². The molecule has 0 bridgehead atoms. The van der Waals surface area contributed by atoms with Gasteiger partial charge in [0, 0.05) is 12.8 Å². The van der Waals surface area contributed by atoms with Crippen LogP contribution >= 0.6 is 7.82 Å². The summed E-state index contributed by atoms with van der Waals surface area (Å²) >= 11 is 0. The molecule has 0 heterocycles. The summed E-state index contributed by atoms with van der Waals surface area (Å²) in [6.45, 7) is 2.38. The number of carbonyl (C=O) groups is 2. The Morgan fingerprint density at radius 2 is 0.907 bits per heavy atom. The fraction of sp³-hybridized carbons (Fsp3) is 0.907. The Bertz CT molecular complexity index is 915. The Morgan fingerprint density at radius 1 is 0.537 bits per heavy atom. The van der Waals surface area contributed by atoms with E-state index in [-0.39, 0.29) is 19.4 Å². The quantitative estimate of drug-likeness (QED) is 0.0236. The molecule has 0 saturated carbocycles. The first-order valence-corrected chi connectivity index (χ1v) is 23.6. The van der Waals surface area contributed by atoms with Crippen molar-refractivity contribution in [3.63, 3.8) is 0 Å². The van der Waals surface area contributed by atoms with Gasteiger partial charge in [0.05, 0.1) is 19.8 Å². The van der Waals surface area contributed by atoms with E-state index in [1.165, 1.54) is 116 Å². The summed E-state index contributed by atoms with van der Waals surface area (Å²) in [5, 5.41) is 18.3. The van der Waals surface area contributed by atoms with E-state index in [4.69, 9.17) is 19.1 Å². The molecule has 0 aliphatic rings. The molecule has 0 aromatic carbocycles. The molecule has 0 rings (SSSR count). The van der Waals surface area contributed by atoms with E-state index < -0.39 is 51.8 Å². The molecule has 0 radical (unpaired) electrons. The maximum Gasteiger partial charge on any atom is 0.472 e. The smallest absolute Gasteiger partial charge is 0.462 e. The molecule has 320 valence electrons. The average molecular weight is 791 g/mol. The summed E-state index contributed by atoms with van der Waals surface area (Å²) in [6, 6.07) is 0. The van der Waals surface area contributed by atoms with Crippen LogP contribution in [0.5, 0.6) is 0 Å². The van der Waals surface area contributed by atoms with Gasteiger partial charge in [-0.25, -0.2) is 4.57 Å². The Hall–Kier alpha value is -1.29. The van der Waals surface area contributed by atoms with Crippen LogP contribution in [-0.2, 0) is 32.7 Å². The Kier molecular flexibility index (Phi) is 39.0. The topological polar surface area (TPSA) is 149 Å². The minimum atomic E-state index is -4.61. The van der Waals surface area contributed by atoms with Crippen molar-refractivity contribution in [3.8, 4) is 0 Å². The third-order valence-electron chi connectivity index (χ3n) is 9.67. The van der Waals surface area contributed by atoms with Crippen molar-refractivity contribution < 1.29 is 47.8 Å². The van der Waals surface area contributed by atoms with E-state index in [0.29, 0.717) is 12.8 Å². The van der Waals surface area contributed by atoms with Crippen molar-refractivity contribution in [1.82, 2.24) is 0 Å². The van der Waals surface area contributed by atoms with Gasteiger partial charge in [0.2, 0.25) is 0 Å². The molecule has 0 aromatic rings. The summed E-state index contributed by atoms with van der Waals surface area (Å²) in [5.41, 5.74) is 0. The lowest BCUT2D eigenvalue weighted by Crippen LogP contribution is -2.29. The number of aliphatic hydroxyl groups is 2. The van der Waals surface area contributed by atoms with Gasteiger partial charge in [-0.1, -0.05) is 174 Å². The second kappa shape index (κ2) is 39.9. The number of phosphoric ester groups is 1. The SMILES string of the molecule is CCCCCC/C=C/CCCCCCCC(=O)OC[C@H](COP(=O)(O)OC[C@@H](O)CO)OC(=O)CCCCCCCCCCCCCCCCCCCC. The van der Waals surface area contributed by atoms with Gasteiger partial charge in [-0.05, 0) is 38.5 Å². The van der Waals surface area contributed by atoms with Gasteiger partial charge in [-0.2, -0.15) is 0 Å². The molecule has 3 atom stereocenters. The third-order valence-corrected chi connectivity index (χ3v) is 10.6.